The lowest BCUT2D eigenvalue weighted by molar-refractivity contribution is 0.231. The van der Waals surface area contributed by atoms with E-state index < -0.39 is 0 Å². The molecule has 1 saturated heterocycles. The fourth-order valence-electron chi connectivity index (χ4n) is 3.67. The van der Waals surface area contributed by atoms with E-state index in [1.54, 1.807) is 0 Å². The number of likely N-dealkylation sites (N-methyl/N-ethyl adjacent to an activating group) is 1. The molecule has 6 heteroatoms. The number of nitrogens with one attached hydrogen (secondary N) is 2. The molecule has 2 rings (SSSR count). The monoisotopic (exact) mass is 487 g/mol. The highest BCUT2D eigenvalue weighted by Crippen LogP contribution is 2.23. The van der Waals surface area contributed by atoms with Gasteiger partial charge in [-0.15, -0.1) is 24.0 Å². The minimum Gasteiger partial charge on any atom is -0.372 e. The third kappa shape index (κ3) is 7.14. The highest BCUT2D eigenvalue weighted by molar-refractivity contribution is 14.0. The van der Waals surface area contributed by atoms with Crippen LogP contribution in [0, 0.1) is 0 Å². The number of aliphatic imine (C=N–C) groups is 1. The predicted octanol–water partition coefficient (Wildman–Crippen LogP) is 3.86. The number of guanidine groups is 1. The number of hydrogen-bond donors (Lipinski definition) is 2. The van der Waals surface area contributed by atoms with Gasteiger partial charge in [0.1, 0.15) is 0 Å². The summed E-state index contributed by atoms with van der Waals surface area (Å²) in [6.07, 6.45) is 2.61. The molecule has 0 radical (unpaired) electrons. The maximum absolute atomic E-state index is 4.40. The van der Waals surface area contributed by atoms with E-state index in [4.69, 9.17) is 0 Å². The fraction of sp³-hybridized carbons (Fsp3) is 0.667. The smallest absolute Gasteiger partial charge is 0.191 e. The molecule has 2 atom stereocenters. The minimum absolute atomic E-state index is 0. The topological polar surface area (TPSA) is 42.9 Å². The molecule has 0 saturated carbocycles. The van der Waals surface area contributed by atoms with Crippen LogP contribution >= 0.6 is 24.0 Å². The van der Waals surface area contributed by atoms with Crippen molar-refractivity contribution < 1.29 is 0 Å². The van der Waals surface area contributed by atoms with E-state index in [9.17, 15) is 0 Å². The van der Waals surface area contributed by atoms with E-state index in [0.29, 0.717) is 6.04 Å². The first-order valence-corrected chi connectivity index (χ1v) is 10.1. The van der Waals surface area contributed by atoms with Gasteiger partial charge in [0.25, 0.3) is 0 Å². The van der Waals surface area contributed by atoms with Gasteiger partial charge in [-0.2, -0.15) is 0 Å². The molecule has 0 amide bonds. The molecule has 1 aliphatic rings. The molecule has 0 aliphatic carbocycles. The normalized spacial score (nSPS) is 16.8. The van der Waals surface area contributed by atoms with Gasteiger partial charge in [0.15, 0.2) is 5.96 Å². The Bertz CT molecular complexity index is 567. The first-order chi connectivity index (χ1) is 12.6. The van der Waals surface area contributed by atoms with Crippen molar-refractivity contribution in [3.05, 3.63) is 29.8 Å². The van der Waals surface area contributed by atoms with Crippen LogP contribution in [0.1, 0.15) is 52.1 Å². The summed E-state index contributed by atoms with van der Waals surface area (Å²) < 4.78 is 0. The highest BCUT2D eigenvalue weighted by atomic mass is 127. The van der Waals surface area contributed by atoms with Gasteiger partial charge in [0.2, 0.25) is 0 Å². The average Bonchev–Trinajstić information content (AvgIpc) is 3.20. The van der Waals surface area contributed by atoms with Crippen molar-refractivity contribution in [3.8, 4) is 0 Å². The van der Waals surface area contributed by atoms with Gasteiger partial charge in [-0.05, 0) is 57.5 Å². The summed E-state index contributed by atoms with van der Waals surface area (Å²) in [5.74, 6) is 0.864. The number of hydrogen-bond acceptors (Lipinski definition) is 3. The molecular formula is C21H38IN5. The third-order valence-corrected chi connectivity index (χ3v) is 5.42. The quantitative estimate of drug-likeness (QED) is 0.332. The number of anilines is 1. The highest BCUT2D eigenvalue weighted by Gasteiger charge is 2.15. The Morgan fingerprint density at radius 1 is 1.19 bits per heavy atom. The Labute approximate surface area is 183 Å². The van der Waals surface area contributed by atoms with Crippen molar-refractivity contribution >= 4 is 35.6 Å². The first-order valence-electron chi connectivity index (χ1n) is 10.1. The maximum atomic E-state index is 4.40. The molecule has 1 aliphatic heterocycles. The van der Waals surface area contributed by atoms with Crippen LogP contribution in [0.5, 0.6) is 0 Å². The summed E-state index contributed by atoms with van der Waals surface area (Å²) in [5, 5.41) is 7.01. The Kier molecular flexibility index (Phi) is 11.1. The minimum atomic E-state index is 0. The molecule has 2 N–H and O–H groups in total. The van der Waals surface area contributed by atoms with E-state index in [2.05, 4.69) is 77.4 Å². The molecule has 154 valence electrons. The van der Waals surface area contributed by atoms with Crippen LogP contribution in [0.2, 0.25) is 0 Å². The van der Waals surface area contributed by atoms with Crippen LogP contribution in [0.4, 0.5) is 5.69 Å². The molecule has 27 heavy (non-hydrogen) atoms. The zero-order valence-corrected chi connectivity index (χ0v) is 20.0. The molecular weight excluding hydrogens is 449 g/mol. The Hall–Kier alpha value is -1.02. The van der Waals surface area contributed by atoms with Gasteiger partial charge in [-0.1, -0.05) is 26.0 Å². The summed E-state index contributed by atoms with van der Waals surface area (Å²) in [5.41, 5.74) is 2.64. The molecule has 0 spiro atoms. The summed E-state index contributed by atoms with van der Waals surface area (Å²) in [7, 11) is 1.84. The fourth-order valence-corrected chi connectivity index (χ4v) is 3.67. The Morgan fingerprint density at radius 2 is 1.85 bits per heavy atom. The van der Waals surface area contributed by atoms with E-state index in [1.165, 1.54) is 37.2 Å². The van der Waals surface area contributed by atoms with Crippen LogP contribution < -0.4 is 15.5 Å². The van der Waals surface area contributed by atoms with Crippen LogP contribution in [-0.4, -0.2) is 56.7 Å². The van der Waals surface area contributed by atoms with Crippen molar-refractivity contribution in [2.45, 2.75) is 52.6 Å². The number of halogens is 1. The third-order valence-electron chi connectivity index (χ3n) is 5.42. The van der Waals surface area contributed by atoms with Crippen LogP contribution in [0.15, 0.2) is 29.3 Å². The SMILES string of the molecule is CCN(CC)C(C)CNC(=NC)NC(C)c1cccc(N2CCCC2)c1.I. The summed E-state index contributed by atoms with van der Waals surface area (Å²) in [6.45, 7) is 14.3. The number of nitrogens with zero attached hydrogens (tertiary/aromatic N) is 3. The molecule has 1 fully saturated rings. The molecule has 2 unspecified atom stereocenters. The number of benzene rings is 1. The van der Waals surface area contributed by atoms with Gasteiger partial charge < -0.3 is 15.5 Å². The standard InChI is InChI=1S/C21H37N5.HI/c1-6-25(7-2)17(3)16-23-21(22-5)24-18(4)19-11-10-12-20(15-19)26-13-8-9-14-26;/h10-12,15,17-18H,6-9,13-14,16H2,1-5H3,(H2,22,23,24);1H. The lowest BCUT2D eigenvalue weighted by Gasteiger charge is -2.28. The summed E-state index contributed by atoms with van der Waals surface area (Å²) in [6, 6.07) is 9.60. The van der Waals surface area contributed by atoms with Crippen molar-refractivity contribution in [2.24, 2.45) is 4.99 Å². The second-order valence-electron chi connectivity index (χ2n) is 7.18. The van der Waals surface area contributed by atoms with E-state index in [1.807, 2.05) is 7.05 Å². The Balaban J connectivity index is 0.00000364. The largest absolute Gasteiger partial charge is 0.372 e. The van der Waals surface area contributed by atoms with E-state index in [0.717, 1.165) is 25.6 Å². The van der Waals surface area contributed by atoms with Gasteiger partial charge in [-0.3, -0.25) is 9.89 Å². The van der Waals surface area contributed by atoms with Crippen LogP contribution in [0.25, 0.3) is 0 Å². The van der Waals surface area contributed by atoms with Gasteiger partial charge >= 0.3 is 0 Å². The van der Waals surface area contributed by atoms with Crippen LogP contribution in [-0.2, 0) is 0 Å². The van der Waals surface area contributed by atoms with E-state index >= 15 is 0 Å². The second kappa shape index (κ2) is 12.4. The summed E-state index contributed by atoms with van der Waals surface area (Å²) >= 11 is 0. The molecule has 0 bridgehead atoms. The van der Waals surface area contributed by atoms with Crippen molar-refractivity contribution in [3.63, 3.8) is 0 Å². The zero-order chi connectivity index (χ0) is 18.9. The molecule has 0 aromatic heterocycles. The maximum Gasteiger partial charge on any atom is 0.191 e. The molecule has 1 aromatic rings. The van der Waals surface area contributed by atoms with Crippen molar-refractivity contribution in [1.82, 2.24) is 15.5 Å². The molecule has 5 nitrogen and oxygen atoms in total. The van der Waals surface area contributed by atoms with Gasteiger partial charge in [-0.25, -0.2) is 0 Å². The Morgan fingerprint density at radius 3 is 2.44 bits per heavy atom. The number of rotatable bonds is 8. The van der Waals surface area contributed by atoms with Gasteiger partial charge in [0.05, 0.1) is 6.04 Å². The summed E-state index contributed by atoms with van der Waals surface area (Å²) in [4.78, 5) is 9.33. The average molecular weight is 487 g/mol. The second-order valence-corrected chi connectivity index (χ2v) is 7.18. The van der Waals surface area contributed by atoms with Crippen LogP contribution in [0.3, 0.4) is 0 Å². The van der Waals surface area contributed by atoms with E-state index in [-0.39, 0.29) is 30.0 Å². The lowest BCUT2D eigenvalue weighted by Crippen LogP contribution is -2.46. The first kappa shape index (κ1) is 24.0. The van der Waals surface area contributed by atoms with Gasteiger partial charge in [0, 0.05) is 38.4 Å². The van der Waals surface area contributed by atoms with Crippen molar-refractivity contribution in [2.75, 3.05) is 44.7 Å². The zero-order valence-electron chi connectivity index (χ0n) is 17.7. The molecule has 1 heterocycles. The lowest BCUT2D eigenvalue weighted by atomic mass is 10.1. The molecule has 1 aromatic carbocycles. The predicted molar refractivity (Wildman–Crippen MR) is 129 cm³/mol. The van der Waals surface area contributed by atoms with Crippen molar-refractivity contribution in [1.29, 1.82) is 0 Å².